The van der Waals surface area contributed by atoms with Crippen LogP contribution in [0.3, 0.4) is 0 Å². The molecule has 0 aliphatic carbocycles. The molecule has 0 N–H and O–H groups in total. The molecule has 0 unspecified atom stereocenters. The van der Waals surface area contributed by atoms with Crippen molar-refractivity contribution in [3.63, 3.8) is 0 Å². The van der Waals surface area contributed by atoms with Crippen LogP contribution in [0.25, 0.3) is 121 Å². The van der Waals surface area contributed by atoms with Crippen LogP contribution in [0.15, 0.2) is 260 Å². The van der Waals surface area contributed by atoms with Gasteiger partial charge in [0.15, 0.2) is 0 Å². The summed E-state index contributed by atoms with van der Waals surface area (Å²) in [7, 11) is 0. The molecule has 12 aromatic carbocycles. The molecule has 0 aliphatic heterocycles. The molecule has 16 aromatic rings. The summed E-state index contributed by atoms with van der Waals surface area (Å²) in [5, 5.41) is 8.71. The van der Waals surface area contributed by atoms with E-state index in [4.69, 9.17) is 17.7 Å². The lowest BCUT2D eigenvalue weighted by atomic mass is 9.94. The third-order valence-corrected chi connectivity index (χ3v) is 16.7. The number of aryl methyl sites for hydroxylation is 4. The van der Waals surface area contributed by atoms with Gasteiger partial charge in [-0.15, -0.1) is 0 Å². The number of fused-ring (bicyclic) bond motifs is 12. The molecule has 6 nitrogen and oxygen atoms in total. The molecule has 0 fully saturated rings. The van der Waals surface area contributed by atoms with Crippen molar-refractivity contribution in [2.24, 2.45) is 0 Å². The average molecular weight is 1060 g/mol. The van der Waals surface area contributed by atoms with E-state index in [1.807, 2.05) is 48.5 Å². The molecule has 390 valence electrons. The first-order valence-electron chi connectivity index (χ1n) is 28.0. The third-order valence-electron chi connectivity index (χ3n) is 16.7. The van der Waals surface area contributed by atoms with Crippen LogP contribution in [-0.2, 0) is 0 Å². The van der Waals surface area contributed by atoms with Crippen molar-refractivity contribution in [1.82, 2.24) is 0 Å². The summed E-state index contributed by atoms with van der Waals surface area (Å²) >= 11 is 0. The predicted octanol–water partition coefficient (Wildman–Crippen LogP) is 22.5. The lowest BCUT2D eigenvalue weighted by Gasteiger charge is -2.31. The molecule has 0 radical (unpaired) electrons. The highest BCUT2D eigenvalue weighted by Crippen LogP contribution is 2.50. The first-order valence-corrected chi connectivity index (χ1v) is 28.0. The average Bonchev–Trinajstić information content (AvgIpc) is 4.40. The van der Waals surface area contributed by atoms with Gasteiger partial charge in [0.2, 0.25) is 0 Å². The molecular formula is C76H52N2O4. The molecule has 4 aromatic heterocycles. The van der Waals surface area contributed by atoms with Crippen LogP contribution in [0.1, 0.15) is 22.3 Å². The Bertz CT molecular complexity index is 4930. The van der Waals surface area contributed by atoms with Gasteiger partial charge in [0.05, 0.1) is 11.4 Å². The molecule has 0 amide bonds. The van der Waals surface area contributed by atoms with Crippen molar-refractivity contribution in [3.05, 3.63) is 265 Å². The number of anilines is 6. The Morgan fingerprint density at radius 3 is 0.915 bits per heavy atom. The van der Waals surface area contributed by atoms with Crippen molar-refractivity contribution in [1.29, 1.82) is 0 Å². The SMILES string of the molecule is Cc1cc(-c2ccc(N(c3ccc4oc5ccccc5c4c3)c3c(C)cccc3-c3ccc4oc5ccccc5c4c3)c(C)c2)ccc1N(c1ccc2oc3ccccc3c2c1)c1c(C)cccc1-c1ccc2oc3ccccc3c2c1. The first kappa shape index (κ1) is 47.4. The van der Waals surface area contributed by atoms with Crippen molar-refractivity contribution in [2.45, 2.75) is 27.7 Å². The largest absolute Gasteiger partial charge is 0.456 e. The van der Waals surface area contributed by atoms with Crippen LogP contribution in [-0.4, -0.2) is 0 Å². The summed E-state index contributed by atoms with van der Waals surface area (Å²) in [6, 6.07) is 86.7. The van der Waals surface area contributed by atoms with E-state index in [1.54, 1.807) is 0 Å². The molecule has 0 saturated carbocycles. The van der Waals surface area contributed by atoms with Crippen LogP contribution in [0.5, 0.6) is 0 Å². The fourth-order valence-electron chi connectivity index (χ4n) is 12.8. The van der Waals surface area contributed by atoms with Crippen LogP contribution < -0.4 is 9.80 Å². The van der Waals surface area contributed by atoms with E-state index in [1.165, 1.54) is 0 Å². The molecule has 0 spiro atoms. The van der Waals surface area contributed by atoms with Gasteiger partial charge in [0, 0.05) is 77.0 Å². The van der Waals surface area contributed by atoms with E-state index >= 15 is 0 Å². The Balaban J connectivity index is 0.841. The van der Waals surface area contributed by atoms with Crippen LogP contribution >= 0.6 is 0 Å². The van der Waals surface area contributed by atoms with Crippen LogP contribution in [0.2, 0.25) is 0 Å². The minimum Gasteiger partial charge on any atom is -0.456 e. The van der Waals surface area contributed by atoms with E-state index < -0.39 is 0 Å². The predicted molar refractivity (Wildman–Crippen MR) is 340 cm³/mol. The van der Waals surface area contributed by atoms with Gasteiger partial charge in [0.1, 0.15) is 44.7 Å². The van der Waals surface area contributed by atoms with Crippen molar-refractivity contribution >= 4 is 122 Å². The van der Waals surface area contributed by atoms with Gasteiger partial charge < -0.3 is 27.5 Å². The van der Waals surface area contributed by atoms with Gasteiger partial charge in [-0.3, -0.25) is 0 Å². The van der Waals surface area contributed by atoms with Crippen LogP contribution in [0, 0.1) is 27.7 Å². The smallest absolute Gasteiger partial charge is 0.135 e. The number of rotatable bonds is 9. The lowest BCUT2D eigenvalue weighted by Crippen LogP contribution is -2.14. The molecule has 0 bridgehead atoms. The molecule has 4 heterocycles. The molecule has 0 atom stereocenters. The zero-order chi connectivity index (χ0) is 54.7. The van der Waals surface area contributed by atoms with E-state index in [2.05, 4.69) is 232 Å². The van der Waals surface area contributed by atoms with E-state index in [9.17, 15) is 0 Å². The zero-order valence-corrected chi connectivity index (χ0v) is 45.6. The summed E-state index contributed by atoms with van der Waals surface area (Å²) in [4.78, 5) is 4.89. The Labute approximate surface area is 472 Å². The third kappa shape index (κ3) is 7.56. The Kier molecular flexibility index (Phi) is 10.7. The van der Waals surface area contributed by atoms with Gasteiger partial charge in [-0.1, -0.05) is 133 Å². The normalized spacial score (nSPS) is 11.9. The lowest BCUT2D eigenvalue weighted by molar-refractivity contribution is 0.668. The van der Waals surface area contributed by atoms with Gasteiger partial charge in [-0.25, -0.2) is 0 Å². The van der Waals surface area contributed by atoms with E-state index in [-0.39, 0.29) is 0 Å². The number of nitrogens with zero attached hydrogens (tertiary/aromatic N) is 2. The molecule has 0 saturated heterocycles. The highest BCUT2D eigenvalue weighted by molar-refractivity contribution is 6.11. The molecular weight excluding hydrogens is 1000 g/mol. The minimum absolute atomic E-state index is 0.857. The van der Waals surface area contributed by atoms with Gasteiger partial charge in [-0.2, -0.15) is 0 Å². The number of hydrogen-bond acceptors (Lipinski definition) is 6. The number of furan rings is 4. The summed E-state index contributed by atoms with van der Waals surface area (Å²) in [6.45, 7) is 8.91. The topological polar surface area (TPSA) is 59.0 Å². The molecule has 82 heavy (non-hydrogen) atoms. The van der Waals surface area contributed by atoms with Crippen molar-refractivity contribution in [2.75, 3.05) is 9.80 Å². The fraction of sp³-hybridized carbons (Fsp3) is 0.0526. The van der Waals surface area contributed by atoms with Gasteiger partial charge >= 0.3 is 0 Å². The fourth-order valence-corrected chi connectivity index (χ4v) is 12.8. The Morgan fingerprint density at radius 1 is 0.232 bits per heavy atom. The highest BCUT2D eigenvalue weighted by Gasteiger charge is 2.26. The maximum absolute atomic E-state index is 6.40. The highest BCUT2D eigenvalue weighted by atomic mass is 16.3. The quantitative estimate of drug-likeness (QED) is 0.144. The molecule has 0 aliphatic rings. The molecule has 16 rings (SSSR count). The van der Waals surface area contributed by atoms with Crippen molar-refractivity contribution in [3.8, 4) is 33.4 Å². The van der Waals surface area contributed by atoms with Gasteiger partial charge in [-0.05, 0) is 181 Å². The zero-order valence-electron chi connectivity index (χ0n) is 45.6. The van der Waals surface area contributed by atoms with Crippen LogP contribution in [0.4, 0.5) is 34.1 Å². The number of hydrogen-bond donors (Lipinski definition) is 0. The summed E-state index contributed by atoms with van der Waals surface area (Å²) in [5.41, 5.74) is 24.7. The maximum atomic E-state index is 6.40. The second kappa shape index (κ2) is 18.5. The van der Waals surface area contributed by atoms with E-state index in [0.717, 1.165) is 178 Å². The second-order valence-electron chi connectivity index (χ2n) is 21.8. The first-order chi connectivity index (χ1) is 40.3. The number of benzene rings is 12. The van der Waals surface area contributed by atoms with Crippen molar-refractivity contribution < 1.29 is 17.7 Å². The summed E-state index contributed by atoms with van der Waals surface area (Å²) in [6.07, 6.45) is 0. The molecule has 6 heteroatoms. The summed E-state index contributed by atoms with van der Waals surface area (Å²) < 4.78 is 25.5. The monoisotopic (exact) mass is 1060 g/mol. The number of para-hydroxylation sites is 6. The Hall–Kier alpha value is -10.6. The second-order valence-corrected chi connectivity index (χ2v) is 21.8. The van der Waals surface area contributed by atoms with Gasteiger partial charge in [0.25, 0.3) is 0 Å². The van der Waals surface area contributed by atoms with E-state index in [0.29, 0.717) is 0 Å². The summed E-state index contributed by atoms with van der Waals surface area (Å²) in [5.74, 6) is 0. The maximum Gasteiger partial charge on any atom is 0.135 e. The Morgan fingerprint density at radius 2 is 0.549 bits per heavy atom. The standard InChI is InChI=1S/C76H52N2O4/c1-45-15-13-21-55(51-29-35-71-61(41-51)57-17-5-9-23-67(57)79-71)75(45)77(53-31-37-73-63(43-53)59-19-7-11-25-69(59)81-73)65-33-27-49(39-47(65)3)50-28-34-66(48(4)40-50)78(54-32-38-74-64(44-54)60-20-8-12-26-70(60)82-74)76-46(2)16-14-22-56(76)52-30-36-72-62(42-52)58-18-6-10-24-68(58)80-72/h5-44H,1-4H3. The minimum atomic E-state index is 0.857.